The van der Waals surface area contributed by atoms with Gasteiger partial charge in [0.25, 0.3) is 0 Å². The Morgan fingerprint density at radius 3 is 2.79 bits per heavy atom. The van der Waals surface area contributed by atoms with E-state index in [2.05, 4.69) is 33.9 Å². The average Bonchev–Trinajstić information content (AvgIpc) is 3.01. The number of aromatic amines is 1. The molecule has 5 nitrogen and oxygen atoms in total. The number of benzene rings is 1. The van der Waals surface area contributed by atoms with Gasteiger partial charge in [0.05, 0.1) is 11.0 Å². The number of carbonyl (C=O) groups excluding carboxylic acids is 1. The maximum absolute atomic E-state index is 12.6. The molecule has 0 saturated carbocycles. The van der Waals surface area contributed by atoms with Gasteiger partial charge in [-0.05, 0) is 65.2 Å². The van der Waals surface area contributed by atoms with Gasteiger partial charge in [-0.15, -0.1) is 0 Å². The molecule has 0 aliphatic carbocycles. The van der Waals surface area contributed by atoms with Crippen molar-refractivity contribution < 1.29 is 9.53 Å². The number of ether oxygens (including phenoxy) is 1. The van der Waals surface area contributed by atoms with Crippen LogP contribution >= 0.6 is 15.9 Å². The molecule has 1 aliphatic heterocycles. The van der Waals surface area contributed by atoms with Gasteiger partial charge in [0.2, 0.25) is 0 Å². The first-order valence-electron chi connectivity index (χ1n) is 8.27. The standard InChI is InChI=1S/C18H24BrN3O2/c1-11-9-12(19)10-13-14(11)21-15(20-13)18(5)7-6-8-22(18)16(23)24-17(2,3)4/h9-10H,6-8H2,1-5H3,(H,20,21). The molecule has 1 N–H and O–H groups in total. The fraction of sp³-hybridized carbons (Fsp3) is 0.556. The summed E-state index contributed by atoms with van der Waals surface area (Å²) in [6.45, 7) is 10.5. The van der Waals surface area contributed by atoms with Crippen LogP contribution in [0.1, 0.15) is 51.9 Å². The number of nitrogens with zero attached hydrogens (tertiary/aromatic N) is 2. The van der Waals surface area contributed by atoms with E-state index < -0.39 is 11.1 Å². The number of H-pyrrole nitrogens is 1. The molecule has 1 atom stereocenters. The fourth-order valence-electron chi connectivity index (χ4n) is 3.32. The van der Waals surface area contributed by atoms with Gasteiger partial charge in [0.1, 0.15) is 17.0 Å². The second-order valence-corrected chi connectivity index (χ2v) is 8.63. The van der Waals surface area contributed by atoms with Crippen molar-refractivity contribution in [2.45, 2.75) is 58.6 Å². The molecule has 1 aliphatic rings. The van der Waals surface area contributed by atoms with Crippen LogP contribution in [0.25, 0.3) is 11.0 Å². The third-order valence-electron chi connectivity index (χ3n) is 4.51. The molecule has 1 fully saturated rings. The van der Waals surface area contributed by atoms with Crippen molar-refractivity contribution in [3.63, 3.8) is 0 Å². The Balaban J connectivity index is 2.00. The van der Waals surface area contributed by atoms with Crippen LogP contribution in [0.3, 0.4) is 0 Å². The van der Waals surface area contributed by atoms with Crippen molar-refractivity contribution in [3.05, 3.63) is 28.0 Å². The minimum absolute atomic E-state index is 0.277. The summed E-state index contributed by atoms with van der Waals surface area (Å²) in [4.78, 5) is 22.7. The third-order valence-corrected chi connectivity index (χ3v) is 4.96. The van der Waals surface area contributed by atoms with E-state index in [-0.39, 0.29) is 6.09 Å². The number of aromatic nitrogens is 2. The normalized spacial score (nSPS) is 21.5. The fourth-order valence-corrected chi connectivity index (χ4v) is 3.89. The lowest BCUT2D eigenvalue weighted by Gasteiger charge is -2.34. The van der Waals surface area contributed by atoms with Gasteiger partial charge in [-0.2, -0.15) is 0 Å². The van der Waals surface area contributed by atoms with E-state index >= 15 is 0 Å². The number of fused-ring (bicyclic) bond motifs is 1. The smallest absolute Gasteiger partial charge is 0.411 e. The van der Waals surface area contributed by atoms with Crippen molar-refractivity contribution in [2.75, 3.05) is 6.54 Å². The summed E-state index contributed by atoms with van der Waals surface area (Å²) in [5.41, 5.74) is 2.06. The summed E-state index contributed by atoms with van der Waals surface area (Å²) in [5, 5.41) is 0. The number of imidazole rings is 1. The highest BCUT2D eigenvalue weighted by atomic mass is 79.9. The molecule has 0 radical (unpaired) electrons. The van der Waals surface area contributed by atoms with E-state index in [4.69, 9.17) is 9.72 Å². The maximum Gasteiger partial charge on any atom is 0.411 e. The van der Waals surface area contributed by atoms with Gasteiger partial charge in [0, 0.05) is 11.0 Å². The second kappa shape index (κ2) is 5.76. The van der Waals surface area contributed by atoms with E-state index in [0.29, 0.717) is 6.54 Å². The predicted octanol–water partition coefficient (Wildman–Crippen LogP) is 4.88. The Morgan fingerprint density at radius 2 is 2.12 bits per heavy atom. The molecule has 6 heteroatoms. The van der Waals surface area contributed by atoms with Gasteiger partial charge in [-0.25, -0.2) is 9.78 Å². The average molecular weight is 394 g/mol. The molecular weight excluding hydrogens is 370 g/mol. The Morgan fingerprint density at radius 1 is 1.42 bits per heavy atom. The van der Waals surface area contributed by atoms with Crippen molar-refractivity contribution >= 4 is 33.1 Å². The summed E-state index contributed by atoms with van der Waals surface area (Å²) in [6.07, 6.45) is 1.53. The molecule has 24 heavy (non-hydrogen) atoms. The van der Waals surface area contributed by atoms with Gasteiger partial charge < -0.3 is 9.72 Å². The largest absolute Gasteiger partial charge is 0.444 e. The first kappa shape index (κ1) is 17.3. The predicted molar refractivity (Wildman–Crippen MR) is 98.1 cm³/mol. The van der Waals surface area contributed by atoms with E-state index in [0.717, 1.165) is 39.7 Å². The number of hydrogen-bond acceptors (Lipinski definition) is 3. The van der Waals surface area contributed by atoms with Gasteiger partial charge in [-0.3, -0.25) is 4.90 Å². The number of carbonyl (C=O) groups is 1. The maximum atomic E-state index is 12.6. The number of nitrogens with one attached hydrogen (secondary N) is 1. The molecule has 0 bridgehead atoms. The Bertz CT molecular complexity index is 793. The molecule has 1 unspecified atom stereocenters. The highest BCUT2D eigenvalue weighted by molar-refractivity contribution is 9.10. The van der Waals surface area contributed by atoms with Crippen LogP contribution in [-0.4, -0.2) is 33.1 Å². The Kier molecular flexibility index (Phi) is 4.14. The van der Waals surface area contributed by atoms with Gasteiger partial charge in [0.15, 0.2) is 0 Å². The number of halogens is 1. The molecule has 2 heterocycles. The van der Waals surface area contributed by atoms with Crippen molar-refractivity contribution in [2.24, 2.45) is 0 Å². The number of amides is 1. The summed E-state index contributed by atoms with van der Waals surface area (Å²) in [7, 11) is 0. The third kappa shape index (κ3) is 3.04. The summed E-state index contributed by atoms with van der Waals surface area (Å²) in [6, 6.07) is 4.07. The van der Waals surface area contributed by atoms with Crippen LogP contribution in [0.4, 0.5) is 4.79 Å². The van der Waals surface area contributed by atoms with Crippen LogP contribution in [-0.2, 0) is 10.3 Å². The minimum atomic E-state index is -0.504. The SMILES string of the molecule is Cc1cc(Br)cc2[nH]c(C3(C)CCCN3C(=O)OC(C)(C)C)nc12. The molecule has 1 aromatic heterocycles. The highest BCUT2D eigenvalue weighted by Crippen LogP contribution is 2.39. The monoisotopic (exact) mass is 393 g/mol. The van der Waals surface area contributed by atoms with Gasteiger partial charge in [-0.1, -0.05) is 15.9 Å². The first-order valence-corrected chi connectivity index (χ1v) is 9.06. The molecule has 3 rings (SSSR count). The van der Waals surface area contributed by atoms with Crippen molar-refractivity contribution in [3.8, 4) is 0 Å². The van der Waals surface area contributed by atoms with Crippen LogP contribution in [0.15, 0.2) is 16.6 Å². The Labute approximate surface area is 150 Å². The number of hydrogen-bond donors (Lipinski definition) is 1. The minimum Gasteiger partial charge on any atom is -0.444 e. The lowest BCUT2D eigenvalue weighted by atomic mass is 9.98. The zero-order valence-electron chi connectivity index (χ0n) is 14.9. The molecule has 130 valence electrons. The van der Waals surface area contributed by atoms with E-state index in [1.807, 2.05) is 33.8 Å². The van der Waals surface area contributed by atoms with Crippen molar-refractivity contribution in [1.29, 1.82) is 0 Å². The summed E-state index contributed by atoms with van der Waals surface area (Å²) < 4.78 is 6.61. The van der Waals surface area contributed by atoms with Crippen LogP contribution < -0.4 is 0 Å². The highest BCUT2D eigenvalue weighted by Gasteiger charge is 2.45. The van der Waals surface area contributed by atoms with E-state index in [1.54, 1.807) is 4.90 Å². The van der Waals surface area contributed by atoms with Crippen LogP contribution in [0.5, 0.6) is 0 Å². The van der Waals surface area contributed by atoms with Crippen LogP contribution in [0.2, 0.25) is 0 Å². The number of rotatable bonds is 1. The molecule has 2 aromatic rings. The summed E-state index contributed by atoms with van der Waals surface area (Å²) in [5.74, 6) is 0.821. The summed E-state index contributed by atoms with van der Waals surface area (Å²) >= 11 is 3.53. The second-order valence-electron chi connectivity index (χ2n) is 7.71. The topological polar surface area (TPSA) is 58.2 Å². The number of aryl methyl sites for hydroxylation is 1. The zero-order valence-corrected chi connectivity index (χ0v) is 16.5. The quantitative estimate of drug-likeness (QED) is 0.750. The number of likely N-dealkylation sites (tertiary alicyclic amines) is 1. The first-order chi connectivity index (χ1) is 11.1. The zero-order chi connectivity index (χ0) is 17.7. The lowest BCUT2D eigenvalue weighted by Crippen LogP contribution is -2.46. The molecule has 0 spiro atoms. The van der Waals surface area contributed by atoms with E-state index in [9.17, 15) is 4.79 Å². The molecule has 1 aromatic carbocycles. The molecule has 1 saturated heterocycles. The van der Waals surface area contributed by atoms with Crippen molar-refractivity contribution in [1.82, 2.24) is 14.9 Å². The molecular formula is C18H24BrN3O2. The van der Waals surface area contributed by atoms with Gasteiger partial charge >= 0.3 is 6.09 Å². The molecule has 1 amide bonds. The lowest BCUT2D eigenvalue weighted by molar-refractivity contribution is 0.00870. The van der Waals surface area contributed by atoms with Crippen LogP contribution in [0, 0.1) is 6.92 Å². The Hall–Kier alpha value is -1.56. The van der Waals surface area contributed by atoms with E-state index in [1.165, 1.54) is 0 Å².